The van der Waals surface area contributed by atoms with Crippen LogP contribution in [0.1, 0.15) is 27.3 Å². The van der Waals surface area contributed by atoms with Gasteiger partial charge in [-0.1, -0.05) is 30.3 Å². The molecule has 3 aromatic rings. The van der Waals surface area contributed by atoms with E-state index in [1.54, 1.807) is 12.4 Å². The summed E-state index contributed by atoms with van der Waals surface area (Å²) in [5, 5.41) is 4.80. The minimum Gasteiger partial charge on any atom is -0.378 e. The van der Waals surface area contributed by atoms with E-state index in [-0.39, 0.29) is 11.8 Å². The van der Waals surface area contributed by atoms with E-state index in [0.29, 0.717) is 63.8 Å². The van der Waals surface area contributed by atoms with Crippen LogP contribution in [-0.2, 0) is 35.5 Å². The standard InChI is InChI=1S/C26H29N5O3S/c32-24(19-35-21-6-10-27-11-7-21)30-12-9-23-22(18-30)25(26(33)29-14-16-34-17-15-29)28-31(23)13-8-20-4-2-1-3-5-20/h1-7,10-11H,8-9,12-19H2. The average molecular weight is 492 g/mol. The van der Waals surface area contributed by atoms with E-state index < -0.39 is 0 Å². The van der Waals surface area contributed by atoms with E-state index in [4.69, 9.17) is 9.84 Å². The molecule has 4 heterocycles. The van der Waals surface area contributed by atoms with Gasteiger partial charge in [-0.3, -0.25) is 19.3 Å². The lowest BCUT2D eigenvalue weighted by Crippen LogP contribution is -2.42. The molecule has 1 aromatic carbocycles. The summed E-state index contributed by atoms with van der Waals surface area (Å²) in [4.78, 5) is 35.2. The van der Waals surface area contributed by atoms with Crippen molar-refractivity contribution in [3.63, 3.8) is 0 Å². The van der Waals surface area contributed by atoms with Gasteiger partial charge < -0.3 is 14.5 Å². The van der Waals surface area contributed by atoms with Gasteiger partial charge in [-0.25, -0.2) is 0 Å². The quantitative estimate of drug-likeness (QED) is 0.473. The number of pyridine rings is 1. The Bertz CT molecular complexity index is 1160. The molecule has 0 spiro atoms. The van der Waals surface area contributed by atoms with Gasteiger partial charge in [-0.15, -0.1) is 11.8 Å². The third-order valence-electron chi connectivity index (χ3n) is 6.45. The Balaban J connectivity index is 1.34. The predicted octanol–water partition coefficient (Wildman–Crippen LogP) is 2.67. The fourth-order valence-electron chi connectivity index (χ4n) is 4.53. The molecule has 0 aliphatic carbocycles. The molecule has 0 atom stereocenters. The van der Waals surface area contributed by atoms with Gasteiger partial charge in [0, 0.05) is 67.7 Å². The van der Waals surface area contributed by atoms with E-state index in [9.17, 15) is 9.59 Å². The lowest BCUT2D eigenvalue weighted by atomic mass is 10.0. The first-order valence-electron chi connectivity index (χ1n) is 12.0. The first-order valence-corrected chi connectivity index (χ1v) is 13.0. The zero-order valence-corrected chi connectivity index (χ0v) is 20.5. The molecule has 2 aromatic heterocycles. The molecule has 182 valence electrons. The highest BCUT2D eigenvalue weighted by molar-refractivity contribution is 8.00. The lowest BCUT2D eigenvalue weighted by molar-refractivity contribution is -0.129. The number of ether oxygens (including phenoxy) is 1. The van der Waals surface area contributed by atoms with Gasteiger partial charge in [0.05, 0.1) is 19.0 Å². The number of benzene rings is 1. The highest BCUT2D eigenvalue weighted by Crippen LogP contribution is 2.26. The topological polar surface area (TPSA) is 80.6 Å². The van der Waals surface area contributed by atoms with Crippen LogP contribution < -0.4 is 0 Å². The smallest absolute Gasteiger partial charge is 0.274 e. The van der Waals surface area contributed by atoms with Crippen LogP contribution in [0, 0.1) is 0 Å². The van der Waals surface area contributed by atoms with Gasteiger partial charge in [0.25, 0.3) is 5.91 Å². The summed E-state index contributed by atoms with van der Waals surface area (Å²) >= 11 is 1.51. The molecular formula is C26H29N5O3S. The molecule has 1 saturated heterocycles. The van der Waals surface area contributed by atoms with Crippen LogP contribution in [0.2, 0.25) is 0 Å². The zero-order valence-electron chi connectivity index (χ0n) is 19.6. The van der Waals surface area contributed by atoms with Crippen LogP contribution in [0.5, 0.6) is 0 Å². The Morgan fingerprint density at radius 1 is 0.971 bits per heavy atom. The van der Waals surface area contributed by atoms with Crippen molar-refractivity contribution >= 4 is 23.6 Å². The van der Waals surface area contributed by atoms with Gasteiger partial charge in [0.2, 0.25) is 5.91 Å². The molecule has 8 nitrogen and oxygen atoms in total. The predicted molar refractivity (Wildman–Crippen MR) is 133 cm³/mol. The monoisotopic (exact) mass is 491 g/mol. The summed E-state index contributed by atoms with van der Waals surface area (Å²) in [6.07, 6.45) is 4.99. The van der Waals surface area contributed by atoms with E-state index in [0.717, 1.165) is 22.6 Å². The van der Waals surface area contributed by atoms with Gasteiger partial charge in [0.1, 0.15) is 0 Å². The van der Waals surface area contributed by atoms with Crippen molar-refractivity contribution in [3.8, 4) is 0 Å². The maximum absolute atomic E-state index is 13.4. The summed E-state index contributed by atoms with van der Waals surface area (Å²) in [6, 6.07) is 14.1. The number of aromatic nitrogens is 3. The second-order valence-corrected chi connectivity index (χ2v) is 9.72. The van der Waals surface area contributed by atoms with Crippen LogP contribution >= 0.6 is 11.8 Å². The maximum Gasteiger partial charge on any atom is 0.274 e. The van der Waals surface area contributed by atoms with Crippen molar-refractivity contribution in [1.29, 1.82) is 0 Å². The average Bonchev–Trinajstić information content (AvgIpc) is 3.29. The number of carbonyl (C=O) groups excluding carboxylic acids is 2. The minimum absolute atomic E-state index is 0.0662. The molecule has 0 bridgehead atoms. The van der Waals surface area contributed by atoms with Gasteiger partial charge >= 0.3 is 0 Å². The Kier molecular flexibility index (Phi) is 7.44. The molecule has 2 aliphatic rings. The molecule has 0 radical (unpaired) electrons. The van der Waals surface area contributed by atoms with Crippen LogP contribution in [0.4, 0.5) is 0 Å². The molecule has 35 heavy (non-hydrogen) atoms. The van der Waals surface area contributed by atoms with E-state index in [1.807, 2.05) is 44.8 Å². The van der Waals surface area contributed by atoms with Gasteiger partial charge in [0.15, 0.2) is 5.69 Å². The first kappa shape index (κ1) is 23.6. The summed E-state index contributed by atoms with van der Waals surface area (Å²) in [6.45, 7) is 3.96. The van der Waals surface area contributed by atoms with Gasteiger partial charge in [-0.2, -0.15) is 5.10 Å². The molecular weight excluding hydrogens is 462 g/mol. The Hall–Kier alpha value is -3.17. The van der Waals surface area contributed by atoms with E-state index in [1.165, 1.54) is 17.3 Å². The van der Waals surface area contributed by atoms with Crippen molar-refractivity contribution in [2.24, 2.45) is 0 Å². The Morgan fingerprint density at radius 2 is 1.74 bits per heavy atom. The van der Waals surface area contributed by atoms with Crippen LogP contribution in [0.25, 0.3) is 0 Å². The lowest BCUT2D eigenvalue weighted by Gasteiger charge is -2.29. The molecule has 0 N–H and O–H groups in total. The summed E-state index contributed by atoms with van der Waals surface area (Å²) in [7, 11) is 0. The zero-order chi connectivity index (χ0) is 24.0. The highest BCUT2D eigenvalue weighted by atomic mass is 32.2. The first-order chi connectivity index (χ1) is 17.2. The summed E-state index contributed by atoms with van der Waals surface area (Å²) in [5.41, 5.74) is 3.68. The molecule has 9 heteroatoms. The van der Waals surface area contributed by atoms with Crippen molar-refractivity contribution in [1.82, 2.24) is 24.6 Å². The van der Waals surface area contributed by atoms with Crippen LogP contribution in [0.15, 0.2) is 59.8 Å². The van der Waals surface area contributed by atoms with Crippen molar-refractivity contribution in [3.05, 3.63) is 77.4 Å². The Morgan fingerprint density at radius 3 is 2.51 bits per heavy atom. The van der Waals surface area contributed by atoms with Crippen molar-refractivity contribution < 1.29 is 14.3 Å². The number of fused-ring (bicyclic) bond motifs is 1. The summed E-state index contributed by atoms with van der Waals surface area (Å²) < 4.78 is 7.41. The third kappa shape index (κ3) is 5.57. The molecule has 5 rings (SSSR count). The number of morpholine rings is 1. The SMILES string of the molecule is O=C(CSc1ccncc1)N1CCc2c(c(C(=O)N3CCOCC3)nn2CCc2ccccc2)C1. The fraction of sp³-hybridized carbons (Fsp3) is 0.385. The molecule has 2 aliphatic heterocycles. The van der Waals surface area contributed by atoms with Crippen LogP contribution in [-0.4, -0.2) is 75.0 Å². The number of nitrogens with zero attached hydrogens (tertiary/aromatic N) is 5. The largest absolute Gasteiger partial charge is 0.378 e. The molecule has 1 fully saturated rings. The normalized spacial score (nSPS) is 15.7. The third-order valence-corrected chi connectivity index (χ3v) is 7.45. The number of carbonyl (C=O) groups is 2. The van der Waals surface area contributed by atoms with Crippen LogP contribution in [0.3, 0.4) is 0 Å². The molecule has 0 unspecified atom stereocenters. The van der Waals surface area contributed by atoms with Gasteiger partial charge in [-0.05, 0) is 24.1 Å². The molecule has 2 amide bonds. The van der Waals surface area contributed by atoms with Crippen molar-refractivity contribution in [2.45, 2.75) is 30.8 Å². The number of aryl methyl sites for hydroxylation is 2. The second kappa shape index (κ2) is 11.0. The highest BCUT2D eigenvalue weighted by Gasteiger charge is 2.32. The van der Waals surface area contributed by atoms with Crippen molar-refractivity contribution in [2.75, 3.05) is 38.6 Å². The second-order valence-electron chi connectivity index (χ2n) is 8.67. The fourth-order valence-corrected chi connectivity index (χ4v) is 5.31. The number of hydrogen-bond donors (Lipinski definition) is 0. The minimum atomic E-state index is -0.0662. The number of rotatable bonds is 7. The number of hydrogen-bond acceptors (Lipinski definition) is 6. The van der Waals surface area contributed by atoms with E-state index in [2.05, 4.69) is 17.1 Å². The maximum atomic E-state index is 13.4. The summed E-state index contributed by atoms with van der Waals surface area (Å²) in [5.74, 6) is 0.358. The molecule has 0 saturated carbocycles. The number of thioether (sulfide) groups is 1. The van der Waals surface area contributed by atoms with E-state index >= 15 is 0 Å². The Labute approximate surface area is 209 Å². The number of amides is 2.